The monoisotopic (exact) mass is 360 g/mol. The molecule has 2 heterocycles. The smallest absolute Gasteiger partial charge is 0.322 e. The van der Waals surface area contributed by atoms with Crippen molar-refractivity contribution in [1.82, 2.24) is 0 Å². The number of amides is 2. The number of alkyl halides is 3. The van der Waals surface area contributed by atoms with E-state index in [2.05, 4.69) is 5.32 Å². The van der Waals surface area contributed by atoms with Crippen LogP contribution in [0.15, 0.2) is 36.4 Å². The minimum absolute atomic E-state index is 0.0502. The fraction of sp³-hybridized carbons (Fsp3) is 0.263. The lowest BCUT2D eigenvalue weighted by Gasteiger charge is -2.25. The van der Waals surface area contributed by atoms with Gasteiger partial charge in [0, 0.05) is 24.2 Å². The summed E-state index contributed by atoms with van der Waals surface area (Å²) in [7, 11) is 0. The highest BCUT2D eigenvalue weighted by Crippen LogP contribution is 2.38. The Morgan fingerprint density at radius 3 is 2.50 bits per heavy atom. The molecule has 0 bridgehead atoms. The van der Waals surface area contributed by atoms with Crippen LogP contribution < -0.4 is 10.2 Å². The van der Waals surface area contributed by atoms with Gasteiger partial charge < -0.3 is 10.2 Å². The van der Waals surface area contributed by atoms with E-state index in [0.717, 1.165) is 28.9 Å². The second-order valence-corrected chi connectivity index (χ2v) is 6.47. The van der Waals surface area contributed by atoms with Crippen molar-refractivity contribution in [3.63, 3.8) is 0 Å². The van der Waals surface area contributed by atoms with E-state index in [0.29, 0.717) is 31.5 Å². The first kappa shape index (κ1) is 16.6. The Hall–Kier alpha value is -2.83. The van der Waals surface area contributed by atoms with Gasteiger partial charge >= 0.3 is 6.18 Å². The van der Waals surface area contributed by atoms with Gasteiger partial charge in [-0.15, -0.1) is 0 Å². The third-order valence-corrected chi connectivity index (χ3v) is 4.76. The molecule has 4 nitrogen and oxygen atoms in total. The molecule has 2 aliphatic rings. The third kappa shape index (κ3) is 2.83. The summed E-state index contributed by atoms with van der Waals surface area (Å²) in [5, 5.41) is 2.68. The summed E-state index contributed by atoms with van der Waals surface area (Å²) < 4.78 is 38.5. The van der Waals surface area contributed by atoms with Crippen molar-refractivity contribution in [3.8, 4) is 0 Å². The van der Waals surface area contributed by atoms with Crippen LogP contribution in [0.3, 0.4) is 0 Å². The standard InChI is InChI=1S/C19H15F3N2O2/c20-19(21,22)14-3-1-2-13(8-14)18(26)23-15-9-11-4-5-16(25)24-7-6-12(10-15)17(11)24/h1-3,8-10H,4-7H2,(H,23,26). The predicted molar refractivity (Wildman–Crippen MR) is 90.2 cm³/mol. The molecule has 0 fully saturated rings. The van der Waals surface area contributed by atoms with Crippen molar-refractivity contribution >= 4 is 23.2 Å². The maximum Gasteiger partial charge on any atom is 0.416 e. The Morgan fingerprint density at radius 1 is 1.04 bits per heavy atom. The fourth-order valence-corrected chi connectivity index (χ4v) is 3.57. The van der Waals surface area contributed by atoms with Gasteiger partial charge in [-0.3, -0.25) is 9.59 Å². The largest absolute Gasteiger partial charge is 0.416 e. The van der Waals surface area contributed by atoms with Crippen LogP contribution in [-0.2, 0) is 23.8 Å². The molecular formula is C19H15F3N2O2. The molecule has 2 aromatic carbocycles. The SMILES string of the molecule is O=C(Nc1cc2c3c(c1)CCN3C(=O)CC2)c1cccc(C(F)(F)F)c1. The van der Waals surface area contributed by atoms with Gasteiger partial charge in [0.2, 0.25) is 5.91 Å². The van der Waals surface area contributed by atoms with Crippen LogP contribution in [0.1, 0.15) is 33.5 Å². The number of carbonyl (C=O) groups is 2. The first-order chi connectivity index (χ1) is 12.3. The molecule has 4 rings (SSSR count). The summed E-state index contributed by atoms with van der Waals surface area (Å²) in [6, 6.07) is 7.93. The zero-order valence-electron chi connectivity index (χ0n) is 13.7. The van der Waals surface area contributed by atoms with Crippen molar-refractivity contribution in [2.45, 2.75) is 25.4 Å². The molecule has 7 heteroatoms. The van der Waals surface area contributed by atoms with Gasteiger partial charge in [0.15, 0.2) is 0 Å². The van der Waals surface area contributed by atoms with E-state index in [1.54, 1.807) is 17.0 Å². The average molecular weight is 360 g/mol. The second-order valence-electron chi connectivity index (χ2n) is 6.47. The van der Waals surface area contributed by atoms with Gasteiger partial charge in [-0.05, 0) is 54.3 Å². The summed E-state index contributed by atoms with van der Waals surface area (Å²) in [5.41, 5.74) is 2.53. The lowest BCUT2D eigenvalue weighted by molar-refractivity contribution is -0.137. The molecule has 0 aliphatic carbocycles. The summed E-state index contributed by atoms with van der Waals surface area (Å²) in [5.74, 6) is -0.484. The number of hydrogen-bond acceptors (Lipinski definition) is 2. The maximum absolute atomic E-state index is 12.8. The third-order valence-electron chi connectivity index (χ3n) is 4.76. The van der Waals surface area contributed by atoms with E-state index in [-0.39, 0.29) is 11.5 Å². The normalized spacial score (nSPS) is 15.8. The minimum atomic E-state index is -4.50. The summed E-state index contributed by atoms with van der Waals surface area (Å²) >= 11 is 0. The Kier molecular flexibility index (Phi) is 3.75. The van der Waals surface area contributed by atoms with Gasteiger partial charge in [0.1, 0.15) is 0 Å². The number of nitrogens with zero attached hydrogens (tertiary/aromatic N) is 1. The molecule has 0 unspecified atom stereocenters. The Morgan fingerprint density at radius 2 is 1.77 bits per heavy atom. The summed E-state index contributed by atoms with van der Waals surface area (Å²) in [4.78, 5) is 26.1. The molecule has 26 heavy (non-hydrogen) atoms. The molecule has 2 amide bonds. The topological polar surface area (TPSA) is 49.4 Å². The molecule has 0 atom stereocenters. The first-order valence-electron chi connectivity index (χ1n) is 8.28. The molecule has 134 valence electrons. The van der Waals surface area contributed by atoms with Crippen LogP contribution in [0.4, 0.5) is 24.5 Å². The lowest BCUT2D eigenvalue weighted by atomic mass is 9.98. The van der Waals surface area contributed by atoms with Crippen LogP contribution in [0.25, 0.3) is 0 Å². The number of carbonyl (C=O) groups excluding carboxylic acids is 2. The van der Waals surface area contributed by atoms with Crippen molar-refractivity contribution in [1.29, 1.82) is 0 Å². The predicted octanol–water partition coefficient (Wildman–Crippen LogP) is 3.79. The number of halogens is 3. The van der Waals surface area contributed by atoms with Gasteiger partial charge in [-0.2, -0.15) is 13.2 Å². The van der Waals surface area contributed by atoms with E-state index in [1.807, 2.05) is 0 Å². The van der Waals surface area contributed by atoms with Gasteiger partial charge in [-0.25, -0.2) is 0 Å². The van der Waals surface area contributed by atoms with Crippen molar-refractivity contribution < 1.29 is 22.8 Å². The fourth-order valence-electron chi connectivity index (χ4n) is 3.57. The molecule has 2 aromatic rings. The molecule has 0 saturated heterocycles. The number of anilines is 2. The van der Waals surface area contributed by atoms with Crippen molar-refractivity contribution in [2.75, 3.05) is 16.8 Å². The zero-order chi connectivity index (χ0) is 18.5. The second kappa shape index (κ2) is 5.86. The summed E-state index contributed by atoms with van der Waals surface area (Å²) in [6.45, 7) is 0.631. The quantitative estimate of drug-likeness (QED) is 0.886. The Balaban J connectivity index is 1.61. The summed E-state index contributed by atoms with van der Waals surface area (Å²) in [6.07, 6.45) is -2.76. The van der Waals surface area contributed by atoms with E-state index in [9.17, 15) is 22.8 Å². The van der Waals surface area contributed by atoms with Crippen LogP contribution in [-0.4, -0.2) is 18.4 Å². The Bertz CT molecular complexity index is 921. The van der Waals surface area contributed by atoms with Crippen LogP contribution in [0.5, 0.6) is 0 Å². The van der Waals surface area contributed by atoms with E-state index in [1.165, 1.54) is 12.1 Å². The van der Waals surface area contributed by atoms with E-state index < -0.39 is 17.6 Å². The molecule has 0 aromatic heterocycles. The lowest BCUT2D eigenvalue weighted by Crippen LogP contribution is -2.32. The molecule has 1 N–H and O–H groups in total. The maximum atomic E-state index is 12.8. The van der Waals surface area contributed by atoms with E-state index in [4.69, 9.17) is 0 Å². The van der Waals surface area contributed by atoms with Gasteiger partial charge in [0.05, 0.1) is 11.3 Å². The highest BCUT2D eigenvalue weighted by Gasteiger charge is 2.32. The Labute approximate surface area is 147 Å². The zero-order valence-corrected chi connectivity index (χ0v) is 13.7. The molecule has 0 spiro atoms. The number of hydrogen-bond donors (Lipinski definition) is 1. The molecular weight excluding hydrogens is 345 g/mol. The average Bonchev–Trinajstić information content (AvgIpc) is 3.03. The molecule has 2 aliphatic heterocycles. The van der Waals surface area contributed by atoms with Crippen LogP contribution >= 0.6 is 0 Å². The highest BCUT2D eigenvalue weighted by molar-refractivity contribution is 6.05. The van der Waals surface area contributed by atoms with Crippen molar-refractivity contribution in [2.24, 2.45) is 0 Å². The van der Waals surface area contributed by atoms with Crippen LogP contribution in [0, 0.1) is 0 Å². The number of nitrogens with one attached hydrogen (secondary N) is 1. The molecule has 0 radical (unpaired) electrons. The number of rotatable bonds is 2. The van der Waals surface area contributed by atoms with Crippen molar-refractivity contribution in [3.05, 3.63) is 58.7 Å². The van der Waals surface area contributed by atoms with E-state index >= 15 is 0 Å². The minimum Gasteiger partial charge on any atom is -0.322 e. The number of benzene rings is 2. The number of aryl methyl sites for hydroxylation is 1. The molecule has 0 saturated carbocycles. The van der Waals surface area contributed by atoms with Gasteiger partial charge in [-0.1, -0.05) is 6.07 Å². The van der Waals surface area contributed by atoms with Gasteiger partial charge in [0.25, 0.3) is 5.91 Å². The van der Waals surface area contributed by atoms with Crippen LogP contribution in [0.2, 0.25) is 0 Å². The highest BCUT2D eigenvalue weighted by atomic mass is 19.4. The first-order valence-corrected chi connectivity index (χ1v) is 8.28.